The normalized spacial score (nSPS) is 11.0. The number of anilines is 1. The molecule has 0 aliphatic carbocycles. The summed E-state index contributed by atoms with van der Waals surface area (Å²) in [6.45, 7) is 0.333. The van der Waals surface area contributed by atoms with E-state index in [1.807, 2.05) is 24.3 Å². The van der Waals surface area contributed by atoms with E-state index in [2.05, 4.69) is 42.0 Å². The molecular formula is C16H16BrN7O2S. The van der Waals surface area contributed by atoms with Crippen LogP contribution in [0, 0.1) is 0 Å². The number of aromatic nitrogens is 3. The second-order valence-corrected chi connectivity index (χ2v) is 7.10. The summed E-state index contributed by atoms with van der Waals surface area (Å²) in [7, 11) is 0. The first-order valence-corrected chi connectivity index (χ1v) is 9.56. The number of hydrogen-bond acceptors (Lipinski definition) is 8. The molecule has 0 saturated heterocycles. The van der Waals surface area contributed by atoms with Crippen molar-refractivity contribution in [3.05, 3.63) is 58.5 Å². The zero-order valence-corrected chi connectivity index (χ0v) is 16.4. The molecule has 0 saturated carbocycles. The number of hydrazone groups is 1. The zero-order valence-electron chi connectivity index (χ0n) is 14.0. The van der Waals surface area contributed by atoms with E-state index in [4.69, 9.17) is 10.3 Å². The number of carbonyl (C=O) groups is 1. The molecule has 1 amide bonds. The minimum atomic E-state index is -0.165. The Balaban J connectivity index is 1.47. The van der Waals surface area contributed by atoms with Gasteiger partial charge in [0.15, 0.2) is 0 Å². The van der Waals surface area contributed by atoms with Gasteiger partial charge in [-0.2, -0.15) is 5.10 Å². The van der Waals surface area contributed by atoms with Crippen LogP contribution in [-0.2, 0) is 11.3 Å². The van der Waals surface area contributed by atoms with Gasteiger partial charge in [0.1, 0.15) is 5.76 Å². The first-order valence-electron chi connectivity index (χ1n) is 7.79. The van der Waals surface area contributed by atoms with E-state index < -0.39 is 0 Å². The number of halogens is 1. The summed E-state index contributed by atoms with van der Waals surface area (Å²) in [6.07, 6.45) is 3.19. The van der Waals surface area contributed by atoms with Gasteiger partial charge < -0.3 is 15.6 Å². The van der Waals surface area contributed by atoms with E-state index in [0.29, 0.717) is 17.5 Å². The van der Waals surface area contributed by atoms with Gasteiger partial charge >= 0.3 is 0 Å². The lowest BCUT2D eigenvalue weighted by atomic mass is 10.2. The van der Waals surface area contributed by atoms with Gasteiger partial charge in [-0.15, -0.1) is 10.2 Å². The molecule has 0 spiro atoms. The first-order chi connectivity index (χ1) is 13.1. The number of amides is 1. The Morgan fingerprint density at radius 3 is 2.89 bits per heavy atom. The van der Waals surface area contributed by atoms with E-state index in [-0.39, 0.29) is 17.6 Å². The molecule has 0 fully saturated rings. The Bertz CT molecular complexity index is 910. The van der Waals surface area contributed by atoms with Crippen molar-refractivity contribution in [1.82, 2.24) is 20.2 Å². The number of nitrogens with two attached hydrogens (primary N) is 1. The first kappa shape index (κ1) is 19.0. The molecular weight excluding hydrogens is 434 g/mol. The van der Waals surface area contributed by atoms with Crippen LogP contribution in [-0.4, -0.2) is 32.7 Å². The average Bonchev–Trinajstić information content (AvgIpc) is 3.31. The highest BCUT2D eigenvalue weighted by atomic mass is 79.9. The number of nitrogen functional groups attached to an aromatic ring is 1. The fourth-order valence-electron chi connectivity index (χ4n) is 1.95. The maximum Gasteiger partial charge on any atom is 0.264 e. The third kappa shape index (κ3) is 5.59. The zero-order chi connectivity index (χ0) is 19.1. The molecule has 140 valence electrons. The molecule has 9 nitrogen and oxygen atoms in total. The summed E-state index contributed by atoms with van der Waals surface area (Å²) >= 11 is 4.54. The summed E-state index contributed by atoms with van der Waals surface area (Å²) in [5.41, 5.74) is 3.64. The van der Waals surface area contributed by atoms with E-state index in [9.17, 15) is 4.79 Å². The average molecular weight is 450 g/mol. The van der Waals surface area contributed by atoms with Crippen molar-refractivity contribution in [1.29, 1.82) is 0 Å². The summed E-state index contributed by atoms with van der Waals surface area (Å²) in [4.78, 5) is 11.9. The minimum Gasteiger partial charge on any atom is -0.467 e. The molecule has 0 unspecified atom stereocenters. The van der Waals surface area contributed by atoms with Crippen LogP contribution in [0.5, 0.6) is 0 Å². The van der Waals surface area contributed by atoms with E-state index >= 15 is 0 Å². The Hall–Kier alpha value is -2.79. The molecule has 27 heavy (non-hydrogen) atoms. The highest BCUT2D eigenvalue weighted by molar-refractivity contribution is 9.10. The molecule has 1 aromatic carbocycles. The van der Waals surface area contributed by atoms with Gasteiger partial charge in [-0.05, 0) is 29.8 Å². The SMILES string of the molecule is Nn1c(N/N=C/c2ccc(Br)cc2)nnc1SCC(=O)NCc1ccco1. The van der Waals surface area contributed by atoms with Crippen LogP contribution >= 0.6 is 27.7 Å². The summed E-state index contributed by atoms with van der Waals surface area (Å²) in [5.74, 6) is 6.86. The quantitative estimate of drug-likeness (QED) is 0.208. The van der Waals surface area contributed by atoms with E-state index in [1.54, 1.807) is 24.6 Å². The molecule has 0 aliphatic heterocycles. The predicted molar refractivity (Wildman–Crippen MR) is 107 cm³/mol. The predicted octanol–water partition coefficient (Wildman–Crippen LogP) is 2.20. The molecule has 3 rings (SSSR count). The number of rotatable bonds is 8. The van der Waals surface area contributed by atoms with Crippen molar-refractivity contribution in [2.24, 2.45) is 5.10 Å². The van der Waals surface area contributed by atoms with Gasteiger partial charge in [-0.25, -0.2) is 10.1 Å². The van der Waals surface area contributed by atoms with Crippen LogP contribution in [0.4, 0.5) is 5.95 Å². The number of hydrogen-bond donors (Lipinski definition) is 3. The molecule has 2 heterocycles. The fourth-order valence-corrected chi connectivity index (χ4v) is 2.90. The minimum absolute atomic E-state index is 0.151. The molecule has 4 N–H and O–H groups in total. The Labute approximate surface area is 167 Å². The third-order valence-electron chi connectivity index (χ3n) is 3.28. The number of carbonyl (C=O) groups excluding carboxylic acids is 1. The van der Waals surface area contributed by atoms with Gasteiger partial charge in [-0.1, -0.05) is 39.8 Å². The van der Waals surface area contributed by atoms with Crippen LogP contribution in [0.2, 0.25) is 0 Å². The second-order valence-electron chi connectivity index (χ2n) is 5.24. The van der Waals surface area contributed by atoms with E-state index in [1.165, 1.54) is 16.4 Å². The second kappa shape index (κ2) is 9.24. The maximum absolute atomic E-state index is 11.9. The van der Waals surface area contributed by atoms with Gasteiger partial charge in [0.2, 0.25) is 11.1 Å². The lowest BCUT2D eigenvalue weighted by Gasteiger charge is -2.04. The molecule has 11 heteroatoms. The largest absolute Gasteiger partial charge is 0.467 e. The van der Waals surface area contributed by atoms with Crippen molar-refractivity contribution in [2.75, 3.05) is 17.0 Å². The molecule has 2 aromatic heterocycles. The van der Waals surface area contributed by atoms with Crippen molar-refractivity contribution in [3.8, 4) is 0 Å². The van der Waals surface area contributed by atoms with Crippen LogP contribution in [0.15, 0.2) is 61.8 Å². The van der Waals surface area contributed by atoms with E-state index in [0.717, 1.165) is 10.0 Å². The van der Waals surface area contributed by atoms with Crippen molar-refractivity contribution >= 4 is 45.8 Å². The molecule has 0 atom stereocenters. The van der Waals surface area contributed by atoms with Crippen molar-refractivity contribution in [2.45, 2.75) is 11.7 Å². The number of thioether (sulfide) groups is 1. The Morgan fingerprint density at radius 2 is 2.15 bits per heavy atom. The van der Waals surface area contributed by atoms with Crippen LogP contribution in [0.3, 0.4) is 0 Å². The summed E-state index contributed by atoms with van der Waals surface area (Å²) in [5, 5.41) is 15.1. The topological polar surface area (TPSA) is 123 Å². The van der Waals surface area contributed by atoms with Gasteiger partial charge in [0.05, 0.1) is 24.8 Å². The molecule has 3 aromatic rings. The van der Waals surface area contributed by atoms with Gasteiger partial charge in [-0.3, -0.25) is 4.79 Å². The smallest absolute Gasteiger partial charge is 0.264 e. The number of furan rings is 1. The van der Waals surface area contributed by atoms with Gasteiger partial charge in [0, 0.05) is 4.47 Å². The van der Waals surface area contributed by atoms with Crippen LogP contribution in [0.25, 0.3) is 0 Å². The van der Waals surface area contributed by atoms with Crippen LogP contribution in [0.1, 0.15) is 11.3 Å². The molecule has 0 aliphatic rings. The highest BCUT2D eigenvalue weighted by Gasteiger charge is 2.12. The Morgan fingerprint density at radius 1 is 1.33 bits per heavy atom. The Kier molecular flexibility index (Phi) is 6.49. The third-order valence-corrected chi connectivity index (χ3v) is 4.76. The van der Waals surface area contributed by atoms with Crippen molar-refractivity contribution in [3.63, 3.8) is 0 Å². The fraction of sp³-hybridized carbons (Fsp3) is 0.125. The lowest BCUT2D eigenvalue weighted by molar-refractivity contribution is -0.118. The number of benzene rings is 1. The van der Waals surface area contributed by atoms with Crippen LogP contribution < -0.4 is 16.6 Å². The summed E-state index contributed by atoms with van der Waals surface area (Å²) in [6, 6.07) is 11.2. The molecule has 0 radical (unpaired) electrons. The van der Waals surface area contributed by atoms with Gasteiger partial charge in [0.25, 0.3) is 5.95 Å². The standard InChI is InChI=1S/C16H16BrN7O2S/c17-12-5-3-11(4-6-12)8-20-21-15-22-23-16(24(15)18)27-10-14(25)19-9-13-2-1-7-26-13/h1-8H,9-10,18H2,(H,19,25)(H,21,22)/b20-8+. The number of nitrogens with one attached hydrogen (secondary N) is 2. The molecule has 0 bridgehead atoms. The maximum atomic E-state index is 11.9. The summed E-state index contributed by atoms with van der Waals surface area (Å²) < 4.78 is 7.38. The number of nitrogens with zero attached hydrogens (tertiary/aromatic N) is 4. The highest BCUT2D eigenvalue weighted by Crippen LogP contribution is 2.16. The lowest BCUT2D eigenvalue weighted by Crippen LogP contribution is -2.24. The monoisotopic (exact) mass is 449 g/mol. The van der Waals surface area contributed by atoms with Crippen molar-refractivity contribution < 1.29 is 9.21 Å².